The zero-order valence-corrected chi connectivity index (χ0v) is 10.7. The Morgan fingerprint density at radius 3 is 2.89 bits per heavy atom. The maximum atomic E-state index is 11.9. The zero-order valence-electron chi connectivity index (χ0n) is 10.7. The maximum Gasteiger partial charge on any atom is 0.253 e. The number of hydrogen-bond donors (Lipinski definition) is 2. The number of hydrogen-bond acceptors (Lipinski definition) is 4. The second-order valence-electron chi connectivity index (χ2n) is 4.14. The highest BCUT2D eigenvalue weighted by molar-refractivity contribution is 5.94. The SMILES string of the molecule is CC[C@H](CO)NC(=O)c1ccc(-n2ccnc2)nc1. The minimum Gasteiger partial charge on any atom is -0.394 e. The van der Waals surface area contributed by atoms with Gasteiger partial charge in [0.2, 0.25) is 0 Å². The molecule has 100 valence electrons. The van der Waals surface area contributed by atoms with Crippen molar-refractivity contribution in [3.05, 3.63) is 42.6 Å². The summed E-state index contributed by atoms with van der Waals surface area (Å²) < 4.78 is 1.75. The van der Waals surface area contributed by atoms with E-state index in [1.165, 1.54) is 6.20 Å². The van der Waals surface area contributed by atoms with Crippen molar-refractivity contribution in [2.75, 3.05) is 6.61 Å². The van der Waals surface area contributed by atoms with Crippen LogP contribution in [0.2, 0.25) is 0 Å². The van der Waals surface area contributed by atoms with Crippen LogP contribution in [0.25, 0.3) is 5.82 Å². The van der Waals surface area contributed by atoms with E-state index >= 15 is 0 Å². The predicted molar refractivity (Wildman–Crippen MR) is 70.0 cm³/mol. The van der Waals surface area contributed by atoms with E-state index in [0.717, 1.165) is 0 Å². The standard InChI is InChI=1S/C13H16N4O2/c1-2-11(8-18)16-13(19)10-3-4-12(15-7-10)17-6-5-14-9-17/h3-7,9,11,18H,2,8H2,1H3,(H,16,19)/t11-/m1/s1. The molecule has 0 unspecified atom stereocenters. The van der Waals surface area contributed by atoms with Crippen LogP contribution in [0.15, 0.2) is 37.1 Å². The van der Waals surface area contributed by atoms with Crippen molar-refractivity contribution in [1.29, 1.82) is 0 Å². The van der Waals surface area contributed by atoms with Crippen LogP contribution in [-0.2, 0) is 0 Å². The molecule has 0 aliphatic rings. The number of pyridine rings is 1. The minimum atomic E-state index is -0.231. The van der Waals surface area contributed by atoms with Gasteiger partial charge in [-0.3, -0.25) is 9.36 Å². The van der Waals surface area contributed by atoms with E-state index < -0.39 is 0 Å². The Morgan fingerprint density at radius 1 is 1.53 bits per heavy atom. The average molecular weight is 260 g/mol. The van der Waals surface area contributed by atoms with Crippen LogP contribution in [-0.4, -0.2) is 38.2 Å². The fraction of sp³-hybridized carbons (Fsp3) is 0.308. The molecule has 0 radical (unpaired) electrons. The summed E-state index contributed by atoms with van der Waals surface area (Å²) in [6.07, 6.45) is 7.27. The number of nitrogens with zero attached hydrogens (tertiary/aromatic N) is 3. The molecule has 2 aromatic heterocycles. The molecule has 0 saturated carbocycles. The Hall–Kier alpha value is -2.21. The topological polar surface area (TPSA) is 80.0 Å². The summed E-state index contributed by atoms with van der Waals surface area (Å²) in [5, 5.41) is 11.8. The van der Waals surface area contributed by atoms with Crippen molar-refractivity contribution in [2.45, 2.75) is 19.4 Å². The lowest BCUT2D eigenvalue weighted by Crippen LogP contribution is -2.36. The Bertz CT molecular complexity index is 518. The number of nitrogens with one attached hydrogen (secondary N) is 1. The monoisotopic (exact) mass is 260 g/mol. The van der Waals surface area contributed by atoms with E-state index in [0.29, 0.717) is 17.8 Å². The summed E-state index contributed by atoms with van der Waals surface area (Å²) >= 11 is 0. The Kier molecular flexibility index (Phi) is 4.25. The van der Waals surface area contributed by atoms with E-state index in [9.17, 15) is 4.79 Å². The van der Waals surface area contributed by atoms with Crippen LogP contribution in [0.4, 0.5) is 0 Å². The first-order chi connectivity index (χ1) is 9.24. The molecular formula is C13H16N4O2. The summed E-state index contributed by atoms with van der Waals surface area (Å²) in [6.45, 7) is 1.84. The smallest absolute Gasteiger partial charge is 0.253 e. The number of carbonyl (C=O) groups excluding carboxylic acids is 1. The van der Waals surface area contributed by atoms with Crippen molar-refractivity contribution < 1.29 is 9.90 Å². The Balaban J connectivity index is 2.08. The van der Waals surface area contributed by atoms with E-state index in [2.05, 4.69) is 15.3 Å². The largest absolute Gasteiger partial charge is 0.394 e. The number of aliphatic hydroxyl groups is 1. The van der Waals surface area contributed by atoms with Gasteiger partial charge in [0.05, 0.1) is 18.2 Å². The molecule has 6 nitrogen and oxygen atoms in total. The highest BCUT2D eigenvalue weighted by Crippen LogP contribution is 2.06. The number of aromatic nitrogens is 3. The number of carbonyl (C=O) groups is 1. The van der Waals surface area contributed by atoms with Gasteiger partial charge in [0, 0.05) is 18.6 Å². The van der Waals surface area contributed by atoms with Gasteiger partial charge in [-0.2, -0.15) is 0 Å². The number of imidazole rings is 1. The molecule has 1 atom stereocenters. The van der Waals surface area contributed by atoms with Gasteiger partial charge < -0.3 is 10.4 Å². The highest BCUT2D eigenvalue weighted by Gasteiger charge is 2.11. The molecule has 0 aliphatic heterocycles. The molecule has 2 N–H and O–H groups in total. The van der Waals surface area contributed by atoms with Gasteiger partial charge >= 0.3 is 0 Å². The summed E-state index contributed by atoms with van der Waals surface area (Å²) in [4.78, 5) is 20.0. The van der Waals surface area contributed by atoms with Gasteiger partial charge in [0.1, 0.15) is 12.1 Å². The van der Waals surface area contributed by atoms with Gasteiger partial charge in [-0.25, -0.2) is 9.97 Å². The van der Waals surface area contributed by atoms with Crippen LogP contribution in [0.1, 0.15) is 23.7 Å². The average Bonchev–Trinajstić information content (AvgIpc) is 2.99. The van der Waals surface area contributed by atoms with Crippen LogP contribution in [0, 0.1) is 0 Å². The molecule has 6 heteroatoms. The number of rotatable bonds is 5. The first-order valence-corrected chi connectivity index (χ1v) is 6.10. The lowest BCUT2D eigenvalue weighted by Gasteiger charge is -2.13. The molecule has 1 amide bonds. The van der Waals surface area contributed by atoms with Gasteiger partial charge in [-0.15, -0.1) is 0 Å². The van der Waals surface area contributed by atoms with E-state index in [-0.39, 0.29) is 18.6 Å². The molecule has 0 aliphatic carbocycles. The molecule has 0 fully saturated rings. The Morgan fingerprint density at radius 2 is 2.37 bits per heavy atom. The van der Waals surface area contributed by atoms with Crippen molar-refractivity contribution in [1.82, 2.24) is 19.9 Å². The predicted octanol–water partition coefficient (Wildman–Crippen LogP) is 0.768. The molecule has 2 rings (SSSR count). The molecular weight excluding hydrogens is 244 g/mol. The van der Waals surface area contributed by atoms with E-state index in [1.54, 1.807) is 35.4 Å². The number of amides is 1. The third-order valence-electron chi connectivity index (χ3n) is 2.83. The van der Waals surface area contributed by atoms with Gasteiger partial charge in [0.15, 0.2) is 0 Å². The van der Waals surface area contributed by atoms with Crippen LogP contribution in [0.5, 0.6) is 0 Å². The lowest BCUT2D eigenvalue weighted by atomic mass is 10.2. The van der Waals surface area contributed by atoms with Crippen molar-refractivity contribution in [3.63, 3.8) is 0 Å². The van der Waals surface area contributed by atoms with Gasteiger partial charge in [-0.1, -0.05) is 6.92 Å². The summed E-state index contributed by atoms with van der Waals surface area (Å²) in [7, 11) is 0. The second kappa shape index (κ2) is 6.10. The maximum absolute atomic E-state index is 11.9. The van der Waals surface area contributed by atoms with E-state index in [1.807, 2.05) is 6.92 Å². The normalized spacial score (nSPS) is 12.1. The molecule has 2 aromatic rings. The van der Waals surface area contributed by atoms with Crippen LogP contribution in [0.3, 0.4) is 0 Å². The molecule has 0 bridgehead atoms. The number of aliphatic hydroxyl groups excluding tert-OH is 1. The van der Waals surface area contributed by atoms with Crippen molar-refractivity contribution in [2.24, 2.45) is 0 Å². The highest BCUT2D eigenvalue weighted by atomic mass is 16.3. The quantitative estimate of drug-likeness (QED) is 0.832. The molecule has 0 spiro atoms. The third-order valence-corrected chi connectivity index (χ3v) is 2.83. The summed E-state index contributed by atoms with van der Waals surface area (Å²) in [6, 6.07) is 3.22. The van der Waals surface area contributed by atoms with Crippen LogP contribution < -0.4 is 5.32 Å². The third kappa shape index (κ3) is 3.17. The lowest BCUT2D eigenvalue weighted by molar-refractivity contribution is 0.0914. The zero-order chi connectivity index (χ0) is 13.7. The molecule has 19 heavy (non-hydrogen) atoms. The van der Waals surface area contributed by atoms with E-state index in [4.69, 9.17) is 5.11 Å². The Labute approximate surface area is 111 Å². The molecule has 0 aromatic carbocycles. The van der Waals surface area contributed by atoms with Crippen molar-refractivity contribution in [3.8, 4) is 5.82 Å². The minimum absolute atomic E-state index is 0.0667. The van der Waals surface area contributed by atoms with Crippen molar-refractivity contribution >= 4 is 5.91 Å². The summed E-state index contributed by atoms with van der Waals surface area (Å²) in [5.41, 5.74) is 0.468. The first-order valence-electron chi connectivity index (χ1n) is 6.10. The van der Waals surface area contributed by atoms with Gasteiger partial charge in [0.25, 0.3) is 5.91 Å². The molecule has 2 heterocycles. The van der Waals surface area contributed by atoms with Gasteiger partial charge in [-0.05, 0) is 18.6 Å². The summed E-state index contributed by atoms with van der Waals surface area (Å²) in [5.74, 6) is 0.467. The second-order valence-corrected chi connectivity index (χ2v) is 4.14. The first kappa shape index (κ1) is 13.2. The fourth-order valence-electron chi connectivity index (χ4n) is 1.61. The fourth-order valence-corrected chi connectivity index (χ4v) is 1.61. The van der Waals surface area contributed by atoms with Crippen LogP contribution >= 0.6 is 0 Å². The molecule has 0 saturated heterocycles.